The van der Waals surface area contributed by atoms with E-state index in [4.69, 9.17) is 4.74 Å². The number of aliphatic hydroxyl groups is 1. The third kappa shape index (κ3) is 7.74. The molecule has 0 saturated carbocycles. The quantitative estimate of drug-likeness (QED) is 0.490. The van der Waals surface area contributed by atoms with Crippen LogP contribution in [0.25, 0.3) is 0 Å². The van der Waals surface area contributed by atoms with Gasteiger partial charge in [0.25, 0.3) is 0 Å². The molecular formula is C16H30N4O8. The van der Waals surface area contributed by atoms with E-state index in [-0.39, 0.29) is 59.0 Å². The lowest BCUT2D eigenvalue weighted by molar-refractivity contribution is 0.0298. The normalized spacial score (nSPS) is 21.5. The molecule has 28 heavy (non-hydrogen) atoms. The van der Waals surface area contributed by atoms with Gasteiger partial charge in [-0.15, -0.1) is 0 Å². The summed E-state index contributed by atoms with van der Waals surface area (Å²) in [5, 5.41) is 38.2. The standard InChI is InChI=1S/C16H30N4O8/c1-12-9-19(15(24)25)7-6-18(14(22)23)5-3-17(10-13(21)11-28-2)4-8-20(12)16(26)27/h12-13,21H,3-11H2,1-2H3,(H,22,23)(H,24,25)(H,26,27). The topological polar surface area (TPSA) is 154 Å². The molecule has 2 atom stereocenters. The van der Waals surface area contributed by atoms with Crippen LogP contribution in [0.4, 0.5) is 14.4 Å². The van der Waals surface area contributed by atoms with Gasteiger partial charge in [0.2, 0.25) is 0 Å². The molecule has 1 fully saturated rings. The molecule has 12 nitrogen and oxygen atoms in total. The van der Waals surface area contributed by atoms with Crippen molar-refractivity contribution < 1.29 is 39.5 Å². The van der Waals surface area contributed by atoms with Gasteiger partial charge in [-0.05, 0) is 6.92 Å². The zero-order valence-corrected chi connectivity index (χ0v) is 16.2. The van der Waals surface area contributed by atoms with Gasteiger partial charge in [0.1, 0.15) is 0 Å². The van der Waals surface area contributed by atoms with E-state index in [9.17, 15) is 34.8 Å². The van der Waals surface area contributed by atoms with Crippen molar-refractivity contribution in [1.29, 1.82) is 0 Å². The van der Waals surface area contributed by atoms with E-state index in [0.717, 1.165) is 14.7 Å². The van der Waals surface area contributed by atoms with Gasteiger partial charge in [-0.3, -0.25) is 4.90 Å². The molecule has 1 rings (SSSR count). The van der Waals surface area contributed by atoms with Crippen LogP contribution in [0.5, 0.6) is 0 Å². The van der Waals surface area contributed by atoms with E-state index in [1.54, 1.807) is 11.8 Å². The number of hydrogen-bond donors (Lipinski definition) is 4. The average Bonchev–Trinajstić information content (AvgIpc) is 2.58. The first kappa shape index (κ1) is 23.7. The second-order valence-electron chi connectivity index (χ2n) is 6.73. The smallest absolute Gasteiger partial charge is 0.407 e. The monoisotopic (exact) mass is 406 g/mol. The summed E-state index contributed by atoms with van der Waals surface area (Å²) in [7, 11) is 1.45. The largest absolute Gasteiger partial charge is 0.465 e. The Morgan fingerprint density at radius 2 is 1.46 bits per heavy atom. The Balaban J connectivity index is 2.99. The van der Waals surface area contributed by atoms with E-state index < -0.39 is 30.4 Å². The fourth-order valence-electron chi connectivity index (χ4n) is 3.08. The summed E-state index contributed by atoms with van der Waals surface area (Å²) >= 11 is 0. The molecular weight excluding hydrogens is 376 g/mol. The summed E-state index contributed by atoms with van der Waals surface area (Å²) in [6, 6.07) is -0.614. The number of β-amino-alcohol motifs (C(OH)–C–C–N with tert-alkyl or cyclic N) is 1. The fraction of sp³-hybridized carbons (Fsp3) is 0.812. The molecule has 1 heterocycles. The molecule has 12 heteroatoms. The maximum Gasteiger partial charge on any atom is 0.407 e. The minimum Gasteiger partial charge on any atom is -0.465 e. The van der Waals surface area contributed by atoms with Gasteiger partial charge in [-0.2, -0.15) is 0 Å². The van der Waals surface area contributed by atoms with Crippen LogP contribution in [0.2, 0.25) is 0 Å². The van der Waals surface area contributed by atoms with Crippen LogP contribution < -0.4 is 0 Å². The molecule has 1 aliphatic heterocycles. The Bertz CT molecular complexity index is 535. The lowest BCUT2D eigenvalue weighted by Crippen LogP contribution is -2.53. The highest BCUT2D eigenvalue weighted by Gasteiger charge is 2.27. The van der Waals surface area contributed by atoms with Crippen LogP contribution >= 0.6 is 0 Å². The molecule has 0 radical (unpaired) electrons. The number of nitrogens with zero attached hydrogens (tertiary/aromatic N) is 4. The molecule has 0 spiro atoms. The van der Waals surface area contributed by atoms with Crippen LogP contribution in [0.3, 0.4) is 0 Å². The lowest BCUT2D eigenvalue weighted by atomic mass is 10.2. The predicted octanol–water partition coefficient (Wildman–Crippen LogP) is -0.362. The van der Waals surface area contributed by atoms with E-state index in [1.165, 1.54) is 7.11 Å². The van der Waals surface area contributed by atoms with Crippen molar-refractivity contribution in [3.05, 3.63) is 0 Å². The van der Waals surface area contributed by atoms with Gasteiger partial charge in [-0.25, -0.2) is 14.4 Å². The van der Waals surface area contributed by atoms with Crippen molar-refractivity contribution in [2.45, 2.75) is 19.1 Å². The Kier molecular flexibility index (Phi) is 9.76. The number of aliphatic hydroxyl groups excluding tert-OH is 1. The van der Waals surface area contributed by atoms with E-state index in [1.807, 2.05) is 0 Å². The van der Waals surface area contributed by atoms with Crippen LogP contribution in [-0.4, -0.2) is 137 Å². The summed E-state index contributed by atoms with van der Waals surface area (Å²) in [4.78, 5) is 39.6. The molecule has 4 N–H and O–H groups in total. The average molecular weight is 406 g/mol. The maximum atomic E-state index is 11.6. The summed E-state index contributed by atoms with van der Waals surface area (Å²) in [5.41, 5.74) is 0. The van der Waals surface area contributed by atoms with Crippen molar-refractivity contribution in [2.24, 2.45) is 0 Å². The van der Waals surface area contributed by atoms with Gasteiger partial charge in [-0.1, -0.05) is 0 Å². The third-order valence-corrected chi connectivity index (χ3v) is 4.61. The van der Waals surface area contributed by atoms with Gasteiger partial charge in [0.15, 0.2) is 0 Å². The Labute approximate surface area is 163 Å². The van der Waals surface area contributed by atoms with E-state index in [2.05, 4.69) is 0 Å². The summed E-state index contributed by atoms with van der Waals surface area (Å²) < 4.78 is 4.91. The molecule has 162 valence electrons. The highest BCUT2D eigenvalue weighted by Crippen LogP contribution is 2.07. The van der Waals surface area contributed by atoms with Crippen LogP contribution in [0.1, 0.15) is 6.92 Å². The second kappa shape index (κ2) is 11.5. The third-order valence-electron chi connectivity index (χ3n) is 4.61. The number of ether oxygens (including phenoxy) is 1. The Hall–Kier alpha value is -2.31. The van der Waals surface area contributed by atoms with Crippen molar-refractivity contribution in [1.82, 2.24) is 19.6 Å². The lowest BCUT2D eigenvalue weighted by Gasteiger charge is -2.35. The SMILES string of the molecule is COCC(O)CN1CCN(C(=O)O)CCN(C(=O)O)CC(C)N(C(=O)O)CC1. The molecule has 0 aliphatic carbocycles. The zero-order chi connectivity index (χ0) is 21.3. The van der Waals surface area contributed by atoms with Crippen molar-refractivity contribution >= 4 is 18.3 Å². The zero-order valence-electron chi connectivity index (χ0n) is 16.2. The molecule has 2 unspecified atom stereocenters. The Morgan fingerprint density at radius 3 is 2.00 bits per heavy atom. The van der Waals surface area contributed by atoms with Crippen LogP contribution in [-0.2, 0) is 4.74 Å². The number of methoxy groups -OCH3 is 1. The van der Waals surface area contributed by atoms with Crippen LogP contribution in [0, 0.1) is 0 Å². The minimum atomic E-state index is -1.23. The molecule has 0 aromatic rings. The van der Waals surface area contributed by atoms with Gasteiger partial charge in [0.05, 0.1) is 12.7 Å². The first-order valence-corrected chi connectivity index (χ1v) is 9.00. The van der Waals surface area contributed by atoms with Gasteiger partial charge >= 0.3 is 18.3 Å². The maximum absolute atomic E-state index is 11.6. The minimum absolute atomic E-state index is 0.0319. The summed E-state index contributed by atoms with van der Waals surface area (Å²) in [6.45, 7) is 2.47. The first-order chi connectivity index (χ1) is 13.1. The Morgan fingerprint density at radius 1 is 0.929 bits per heavy atom. The predicted molar refractivity (Wildman–Crippen MR) is 97.7 cm³/mol. The van der Waals surface area contributed by atoms with Crippen molar-refractivity contribution in [3.63, 3.8) is 0 Å². The van der Waals surface area contributed by atoms with Gasteiger partial charge < -0.3 is 39.9 Å². The summed E-state index contributed by atoms with van der Waals surface area (Å²) in [5.74, 6) is 0. The molecule has 1 aliphatic rings. The number of hydrogen-bond acceptors (Lipinski definition) is 6. The molecule has 0 bridgehead atoms. The first-order valence-electron chi connectivity index (χ1n) is 9.00. The highest BCUT2D eigenvalue weighted by atomic mass is 16.5. The number of rotatable bonds is 4. The van der Waals surface area contributed by atoms with Gasteiger partial charge in [0, 0.05) is 65.5 Å². The summed E-state index contributed by atoms with van der Waals surface area (Å²) in [6.07, 6.45) is -4.36. The van der Waals surface area contributed by atoms with E-state index in [0.29, 0.717) is 0 Å². The molecule has 0 aromatic carbocycles. The number of amides is 3. The number of carbonyl (C=O) groups is 3. The second-order valence-corrected chi connectivity index (χ2v) is 6.73. The molecule has 1 saturated heterocycles. The van der Waals surface area contributed by atoms with E-state index >= 15 is 0 Å². The fourth-order valence-corrected chi connectivity index (χ4v) is 3.08. The van der Waals surface area contributed by atoms with Crippen LogP contribution in [0.15, 0.2) is 0 Å². The molecule has 3 amide bonds. The van der Waals surface area contributed by atoms with Crippen molar-refractivity contribution in [3.8, 4) is 0 Å². The number of carboxylic acid groups (broad SMARTS) is 3. The van der Waals surface area contributed by atoms with Crippen molar-refractivity contribution in [2.75, 3.05) is 66.1 Å². The highest BCUT2D eigenvalue weighted by molar-refractivity contribution is 5.67. The molecule has 0 aromatic heterocycles.